The van der Waals surface area contributed by atoms with Gasteiger partial charge in [0, 0.05) is 6.42 Å². The molecule has 0 aromatic heterocycles. The van der Waals surface area contributed by atoms with Gasteiger partial charge in [-0.05, 0) is 24.6 Å². The van der Waals surface area contributed by atoms with E-state index in [0.717, 1.165) is 5.56 Å². The van der Waals surface area contributed by atoms with Crippen LogP contribution in [0.25, 0.3) is 0 Å². The molecule has 2 aromatic rings. The maximum Gasteiger partial charge on any atom is 0.329 e. The molecule has 132 valence electrons. The lowest BCUT2D eigenvalue weighted by Crippen LogP contribution is -2.45. The number of aromatic hydroxyl groups is 1. The largest absolute Gasteiger partial charge is 0.504 e. The summed E-state index contributed by atoms with van der Waals surface area (Å²) in [7, 11) is 0. The lowest BCUT2D eigenvalue weighted by Gasteiger charge is -2.18. The number of phenols is 1. The number of para-hydroxylation sites is 1. The van der Waals surface area contributed by atoms with Crippen LogP contribution in [0.4, 0.5) is 10.5 Å². The van der Waals surface area contributed by atoms with Gasteiger partial charge in [0.15, 0.2) is 5.75 Å². The lowest BCUT2D eigenvalue weighted by atomic mass is 10.1. The summed E-state index contributed by atoms with van der Waals surface area (Å²) in [5, 5.41) is 15.0. The smallest absolute Gasteiger partial charge is 0.329 e. The number of rotatable bonds is 6. The van der Waals surface area contributed by atoms with Crippen LogP contribution in [0.15, 0.2) is 48.5 Å². The highest BCUT2D eigenvalue weighted by molar-refractivity contribution is 6.32. The number of amides is 2. The fraction of sp³-hybridized carbons (Fsp3) is 0.222. The second kappa shape index (κ2) is 8.94. The molecule has 25 heavy (non-hydrogen) atoms. The molecule has 2 aromatic carbocycles. The van der Waals surface area contributed by atoms with Crippen LogP contribution in [0, 0.1) is 0 Å². The van der Waals surface area contributed by atoms with Gasteiger partial charge in [0.05, 0.1) is 17.3 Å². The number of anilines is 1. The second-order valence-electron chi connectivity index (χ2n) is 5.23. The number of hydrogen-bond acceptors (Lipinski definition) is 4. The molecule has 0 fully saturated rings. The standard InChI is InChI=1S/C18H19ClN2O4/c1-2-25-17(23)15(11-12-7-4-3-5-8-12)21-18(24)20-14-10-6-9-13(19)16(14)22/h3-10,15,22H,2,11H2,1H3,(H2,20,21,24). The Morgan fingerprint density at radius 1 is 1.16 bits per heavy atom. The number of hydrogen-bond donors (Lipinski definition) is 3. The summed E-state index contributed by atoms with van der Waals surface area (Å²) in [6, 6.07) is 12.4. The number of benzene rings is 2. The predicted molar refractivity (Wildman–Crippen MR) is 95.8 cm³/mol. The fourth-order valence-corrected chi connectivity index (χ4v) is 2.39. The van der Waals surface area contributed by atoms with Crippen molar-refractivity contribution in [1.29, 1.82) is 0 Å². The Morgan fingerprint density at radius 2 is 1.88 bits per heavy atom. The van der Waals surface area contributed by atoms with Crippen molar-refractivity contribution in [3.8, 4) is 5.75 Å². The highest BCUT2D eigenvalue weighted by Crippen LogP contribution is 2.30. The predicted octanol–water partition coefficient (Wildman–Crippen LogP) is 3.34. The molecule has 1 atom stereocenters. The van der Waals surface area contributed by atoms with Crippen LogP contribution < -0.4 is 10.6 Å². The van der Waals surface area contributed by atoms with Gasteiger partial charge < -0.3 is 20.5 Å². The number of nitrogens with one attached hydrogen (secondary N) is 2. The van der Waals surface area contributed by atoms with E-state index in [0.29, 0.717) is 0 Å². The van der Waals surface area contributed by atoms with Crippen LogP contribution in [0.1, 0.15) is 12.5 Å². The highest BCUT2D eigenvalue weighted by atomic mass is 35.5. The Bertz CT molecular complexity index is 737. The van der Waals surface area contributed by atoms with E-state index < -0.39 is 18.0 Å². The molecule has 0 saturated carbocycles. The first-order valence-electron chi connectivity index (χ1n) is 7.76. The van der Waals surface area contributed by atoms with Crippen molar-refractivity contribution in [2.45, 2.75) is 19.4 Å². The van der Waals surface area contributed by atoms with E-state index >= 15 is 0 Å². The Hall–Kier alpha value is -2.73. The van der Waals surface area contributed by atoms with Crippen molar-refractivity contribution in [3.05, 3.63) is 59.1 Å². The molecular weight excluding hydrogens is 344 g/mol. The van der Waals surface area contributed by atoms with Crippen molar-refractivity contribution in [3.63, 3.8) is 0 Å². The van der Waals surface area contributed by atoms with Crippen LogP contribution in [0.2, 0.25) is 5.02 Å². The SMILES string of the molecule is CCOC(=O)C(Cc1ccccc1)NC(=O)Nc1cccc(Cl)c1O. The molecule has 0 aliphatic rings. The monoisotopic (exact) mass is 362 g/mol. The average molecular weight is 363 g/mol. The Labute approximate surface area is 150 Å². The molecule has 1 unspecified atom stereocenters. The molecule has 0 saturated heterocycles. The van der Waals surface area contributed by atoms with E-state index in [1.807, 2.05) is 30.3 Å². The van der Waals surface area contributed by atoms with Gasteiger partial charge >= 0.3 is 12.0 Å². The molecule has 3 N–H and O–H groups in total. The molecule has 0 radical (unpaired) electrons. The number of phenolic OH excluding ortho intramolecular Hbond substituents is 1. The van der Waals surface area contributed by atoms with Crippen LogP contribution in [0.3, 0.4) is 0 Å². The third-order valence-electron chi connectivity index (χ3n) is 3.39. The number of halogens is 1. The first-order valence-corrected chi connectivity index (χ1v) is 8.14. The minimum absolute atomic E-state index is 0.115. The van der Waals surface area contributed by atoms with E-state index in [2.05, 4.69) is 10.6 Å². The number of esters is 1. The third kappa shape index (κ3) is 5.39. The molecule has 0 bridgehead atoms. The van der Waals surface area contributed by atoms with Crippen molar-refractivity contribution in [1.82, 2.24) is 5.32 Å². The molecule has 0 aliphatic carbocycles. The summed E-state index contributed by atoms with van der Waals surface area (Å²) in [5.74, 6) is -0.771. The molecule has 0 spiro atoms. The third-order valence-corrected chi connectivity index (χ3v) is 3.70. The van der Waals surface area contributed by atoms with Crippen LogP contribution in [-0.2, 0) is 16.0 Å². The van der Waals surface area contributed by atoms with Gasteiger partial charge in [0.2, 0.25) is 0 Å². The van der Waals surface area contributed by atoms with Crippen molar-refractivity contribution in [2.24, 2.45) is 0 Å². The molecule has 2 rings (SSSR count). The number of carbonyl (C=O) groups is 2. The van der Waals surface area contributed by atoms with Crippen molar-refractivity contribution >= 4 is 29.3 Å². The number of urea groups is 1. The Balaban J connectivity index is 2.08. The van der Waals surface area contributed by atoms with E-state index in [1.165, 1.54) is 12.1 Å². The quantitative estimate of drug-likeness (QED) is 0.543. The first-order chi connectivity index (χ1) is 12.0. The summed E-state index contributed by atoms with van der Waals surface area (Å²) in [4.78, 5) is 24.3. The zero-order valence-corrected chi connectivity index (χ0v) is 14.4. The molecule has 0 aliphatic heterocycles. The van der Waals surface area contributed by atoms with Crippen molar-refractivity contribution < 1.29 is 19.4 Å². The van der Waals surface area contributed by atoms with Crippen LogP contribution in [-0.4, -0.2) is 29.8 Å². The van der Waals surface area contributed by atoms with E-state index in [4.69, 9.17) is 16.3 Å². The fourth-order valence-electron chi connectivity index (χ4n) is 2.22. The summed E-state index contributed by atoms with van der Waals surface area (Å²) in [6.45, 7) is 1.91. The van der Waals surface area contributed by atoms with Gasteiger partial charge in [-0.2, -0.15) is 0 Å². The number of ether oxygens (including phenoxy) is 1. The van der Waals surface area contributed by atoms with Gasteiger partial charge in [-0.25, -0.2) is 9.59 Å². The minimum atomic E-state index is -0.858. The van der Waals surface area contributed by atoms with Crippen molar-refractivity contribution in [2.75, 3.05) is 11.9 Å². The Morgan fingerprint density at radius 3 is 2.56 bits per heavy atom. The highest BCUT2D eigenvalue weighted by Gasteiger charge is 2.23. The molecule has 7 heteroatoms. The van der Waals surface area contributed by atoms with Crippen LogP contribution in [0.5, 0.6) is 5.75 Å². The summed E-state index contributed by atoms with van der Waals surface area (Å²) in [5.41, 5.74) is 1.03. The zero-order chi connectivity index (χ0) is 18.2. The van der Waals surface area contributed by atoms with Gasteiger partial charge in [-0.15, -0.1) is 0 Å². The van der Waals surface area contributed by atoms with Gasteiger partial charge in [-0.3, -0.25) is 0 Å². The minimum Gasteiger partial charge on any atom is -0.504 e. The zero-order valence-electron chi connectivity index (χ0n) is 13.7. The topological polar surface area (TPSA) is 87.7 Å². The van der Waals surface area contributed by atoms with Crippen LogP contribution >= 0.6 is 11.6 Å². The molecule has 6 nitrogen and oxygen atoms in total. The maximum atomic E-state index is 12.2. The normalized spacial score (nSPS) is 11.4. The van der Waals surface area contributed by atoms with E-state index in [-0.39, 0.29) is 29.5 Å². The average Bonchev–Trinajstić information content (AvgIpc) is 2.59. The second-order valence-corrected chi connectivity index (χ2v) is 5.64. The molecule has 0 heterocycles. The van der Waals surface area contributed by atoms with Gasteiger partial charge in [0.1, 0.15) is 6.04 Å². The first kappa shape index (κ1) is 18.6. The van der Waals surface area contributed by atoms with Gasteiger partial charge in [0.25, 0.3) is 0 Å². The van der Waals surface area contributed by atoms with E-state index in [9.17, 15) is 14.7 Å². The number of carbonyl (C=O) groups excluding carboxylic acids is 2. The van der Waals surface area contributed by atoms with Gasteiger partial charge in [-0.1, -0.05) is 48.0 Å². The maximum absolute atomic E-state index is 12.2. The molecule has 2 amide bonds. The van der Waals surface area contributed by atoms with E-state index in [1.54, 1.807) is 13.0 Å². The lowest BCUT2D eigenvalue weighted by molar-refractivity contribution is -0.145. The summed E-state index contributed by atoms with van der Waals surface area (Å²) < 4.78 is 5.02. The summed E-state index contributed by atoms with van der Waals surface area (Å²) >= 11 is 5.81. The Kier molecular flexibility index (Phi) is 6.65. The summed E-state index contributed by atoms with van der Waals surface area (Å²) in [6.07, 6.45) is 0.286. The molecular formula is C18H19ClN2O4.